The Morgan fingerprint density at radius 2 is 1.35 bits per heavy atom. The topological polar surface area (TPSA) is 54.0 Å². The van der Waals surface area contributed by atoms with Gasteiger partial charge in [0.05, 0.1) is 19.0 Å². The van der Waals surface area contributed by atoms with Gasteiger partial charge in [0.2, 0.25) is 0 Å². The smallest absolute Gasteiger partial charge is 0.350 e. The molecule has 0 aromatic rings. The minimum Gasteiger partial charge on any atom is -0.350 e. The van der Waals surface area contributed by atoms with Crippen molar-refractivity contribution in [2.75, 3.05) is 13.2 Å². The van der Waals surface area contributed by atoms with Crippen LogP contribution >= 0.6 is 8.25 Å². The molecule has 2 fully saturated rings. The molecule has 20 heavy (non-hydrogen) atoms. The van der Waals surface area contributed by atoms with E-state index in [1.54, 1.807) is 0 Å². The van der Waals surface area contributed by atoms with E-state index < -0.39 is 38.1 Å². The Hall–Kier alpha value is 0.374. The molecule has 0 aromatic carbocycles. The van der Waals surface area contributed by atoms with Crippen LogP contribution in [0.2, 0.25) is 13.1 Å². The first-order valence-corrected chi connectivity index (χ1v) is 13.1. The first-order valence-electron chi connectivity index (χ1n) is 7.77. The summed E-state index contributed by atoms with van der Waals surface area (Å²) in [4.78, 5) is 0. The zero-order chi connectivity index (χ0) is 14.5. The Bertz CT molecular complexity index is 300. The predicted molar refractivity (Wildman–Crippen MR) is 83.7 cm³/mol. The Labute approximate surface area is 126 Å². The second kappa shape index (κ2) is 7.58. The van der Waals surface area contributed by atoms with E-state index in [-0.39, 0.29) is 0 Å². The third-order valence-corrected chi connectivity index (χ3v) is 9.20. The summed E-state index contributed by atoms with van der Waals surface area (Å²) in [7, 11) is -3.33. The van der Waals surface area contributed by atoms with Crippen molar-refractivity contribution in [1.29, 1.82) is 0 Å². The maximum Gasteiger partial charge on any atom is 0.702 e. The summed E-state index contributed by atoms with van der Waals surface area (Å²) in [5, 5.41) is 0. The largest absolute Gasteiger partial charge is 0.702 e. The highest BCUT2D eigenvalue weighted by Gasteiger charge is 2.48. The van der Waals surface area contributed by atoms with Crippen LogP contribution in [0.15, 0.2) is 0 Å². The van der Waals surface area contributed by atoms with E-state index in [4.69, 9.17) is 18.5 Å². The maximum atomic E-state index is 12.3. The summed E-state index contributed by atoms with van der Waals surface area (Å²) in [6, 6.07) is 0. The molecule has 0 amide bonds. The number of hydrogen-bond acceptors (Lipinski definition) is 5. The van der Waals surface area contributed by atoms with Crippen molar-refractivity contribution in [2.45, 2.75) is 62.4 Å². The van der Waals surface area contributed by atoms with E-state index in [1.807, 2.05) is 0 Å². The molecule has 0 saturated carbocycles. The van der Waals surface area contributed by atoms with Gasteiger partial charge in [-0.15, -0.1) is 0 Å². The van der Waals surface area contributed by atoms with E-state index in [9.17, 15) is 4.57 Å². The molecule has 8 heteroatoms. The lowest BCUT2D eigenvalue weighted by Gasteiger charge is -2.33. The first-order chi connectivity index (χ1) is 9.64. The molecule has 5 nitrogen and oxygen atoms in total. The van der Waals surface area contributed by atoms with E-state index in [2.05, 4.69) is 13.1 Å². The van der Waals surface area contributed by atoms with Gasteiger partial charge < -0.3 is 9.47 Å². The zero-order valence-corrected chi connectivity index (χ0v) is 16.3. The highest BCUT2D eigenvalue weighted by atomic mass is 31.1. The lowest BCUT2D eigenvalue weighted by molar-refractivity contribution is -0.175. The number of hydrogen-bond donors (Lipinski definition) is 0. The van der Waals surface area contributed by atoms with Crippen molar-refractivity contribution < 1.29 is 23.1 Å². The van der Waals surface area contributed by atoms with Gasteiger partial charge in [0.1, 0.15) is 0 Å². The molecule has 2 aliphatic rings. The van der Waals surface area contributed by atoms with Crippen LogP contribution in [0.25, 0.3) is 0 Å². The maximum absolute atomic E-state index is 12.3. The summed E-state index contributed by atoms with van der Waals surface area (Å²) in [5.74, 6) is 0. The highest BCUT2D eigenvalue weighted by molar-refractivity contribution is 7.33. The van der Waals surface area contributed by atoms with Gasteiger partial charge in [0.15, 0.2) is 10.8 Å². The van der Waals surface area contributed by atoms with Crippen molar-refractivity contribution >= 4 is 27.3 Å². The molecular weight excluding hydrogens is 311 g/mol. The standard InChI is InChI=1S/C12H26O5PSi2/c1-19-11(7-3-5-9-14-11)16-18(13)17-12(20-2)8-4-6-10-15-12/h3-10,19-20H2,1-2H3/q+1. The van der Waals surface area contributed by atoms with Crippen molar-refractivity contribution in [2.24, 2.45) is 0 Å². The van der Waals surface area contributed by atoms with Gasteiger partial charge in [-0.2, -0.15) is 0 Å². The Morgan fingerprint density at radius 1 is 0.900 bits per heavy atom. The molecule has 2 atom stereocenters. The predicted octanol–water partition coefficient (Wildman–Crippen LogP) is 1.82. The quantitative estimate of drug-likeness (QED) is 0.547. The minimum absolute atomic E-state index is 0.582. The SMILES string of the molecule is C[SiH2]C1(O[P+](=O)OC2([SiH2]C)CCCCO2)CCCCO1. The summed E-state index contributed by atoms with van der Waals surface area (Å²) in [6.07, 6.45) is 5.97. The Balaban J connectivity index is 1.93. The Kier molecular flexibility index (Phi) is 6.34. The molecule has 0 spiro atoms. The lowest BCUT2D eigenvalue weighted by Crippen LogP contribution is -2.45. The van der Waals surface area contributed by atoms with E-state index >= 15 is 0 Å². The number of ether oxygens (including phenoxy) is 2. The molecule has 2 aliphatic heterocycles. The molecule has 0 N–H and O–H groups in total. The summed E-state index contributed by atoms with van der Waals surface area (Å²) < 4.78 is 35.3. The molecule has 2 unspecified atom stereocenters. The minimum atomic E-state index is -2.17. The van der Waals surface area contributed by atoms with Crippen molar-refractivity contribution in [1.82, 2.24) is 0 Å². The molecule has 2 saturated heterocycles. The molecule has 0 aliphatic carbocycles. The van der Waals surface area contributed by atoms with Gasteiger partial charge >= 0.3 is 8.25 Å². The average Bonchev–Trinajstić information content (AvgIpc) is 2.49. The zero-order valence-electron chi connectivity index (χ0n) is 12.6. The summed E-state index contributed by atoms with van der Waals surface area (Å²) in [6.45, 7) is 5.67. The monoisotopic (exact) mass is 337 g/mol. The van der Waals surface area contributed by atoms with Crippen LogP contribution in [0.3, 0.4) is 0 Å². The van der Waals surface area contributed by atoms with E-state index in [1.165, 1.54) is 0 Å². The van der Waals surface area contributed by atoms with E-state index in [0.29, 0.717) is 13.2 Å². The average molecular weight is 337 g/mol. The van der Waals surface area contributed by atoms with Gasteiger partial charge in [-0.1, -0.05) is 22.1 Å². The second-order valence-electron chi connectivity index (χ2n) is 5.55. The van der Waals surface area contributed by atoms with Crippen LogP contribution in [0.5, 0.6) is 0 Å². The molecule has 2 rings (SSSR count). The highest BCUT2D eigenvalue weighted by Crippen LogP contribution is 2.42. The van der Waals surface area contributed by atoms with Crippen LogP contribution in [0.1, 0.15) is 38.5 Å². The fourth-order valence-electron chi connectivity index (χ4n) is 2.77. The molecule has 116 valence electrons. The van der Waals surface area contributed by atoms with Gasteiger partial charge in [-0.3, -0.25) is 0 Å². The fourth-order valence-corrected chi connectivity index (χ4v) is 7.21. The lowest BCUT2D eigenvalue weighted by atomic mass is 10.2. The first kappa shape index (κ1) is 16.7. The Morgan fingerprint density at radius 3 is 1.65 bits per heavy atom. The van der Waals surface area contributed by atoms with Gasteiger partial charge in [0.25, 0.3) is 0 Å². The van der Waals surface area contributed by atoms with Crippen LogP contribution < -0.4 is 0 Å². The van der Waals surface area contributed by atoms with Crippen molar-refractivity contribution in [3.8, 4) is 0 Å². The van der Waals surface area contributed by atoms with Gasteiger partial charge in [0, 0.05) is 30.6 Å². The van der Waals surface area contributed by atoms with Crippen LogP contribution in [-0.4, -0.2) is 43.1 Å². The van der Waals surface area contributed by atoms with Crippen LogP contribution in [-0.2, 0) is 23.1 Å². The normalized spacial score (nSPS) is 37.0. The summed E-state index contributed by atoms with van der Waals surface area (Å²) >= 11 is 0. The van der Waals surface area contributed by atoms with Gasteiger partial charge in [-0.25, -0.2) is 0 Å². The fraction of sp³-hybridized carbons (Fsp3) is 1.00. The van der Waals surface area contributed by atoms with Crippen LogP contribution in [0, 0.1) is 0 Å². The molecule has 2 heterocycles. The van der Waals surface area contributed by atoms with Crippen molar-refractivity contribution in [3.05, 3.63) is 0 Å². The summed E-state index contributed by atoms with van der Waals surface area (Å²) in [5.41, 5.74) is -1.17. The molecule has 0 radical (unpaired) electrons. The molecule has 0 aromatic heterocycles. The molecule has 0 bridgehead atoms. The van der Waals surface area contributed by atoms with E-state index in [0.717, 1.165) is 38.5 Å². The third kappa shape index (κ3) is 4.19. The third-order valence-electron chi connectivity index (χ3n) is 4.19. The van der Waals surface area contributed by atoms with Crippen molar-refractivity contribution in [3.63, 3.8) is 0 Å². The van der Waals surface area contributed by atoms with Gasteiger partial charge in [-0.05, 0) is 25.7 Å². The molecular formula is C12H26O5PSi2+. The second-order valence-corrected chi connectivity index (χ2v) is 9.93. The van der Waals surface area contributed by atoms with Crippen LogP contribution in [0.4, 0.5) is 0 Å². The number of rotatable bonds is 6.